The van der Waals surface area contributed by atoms with Crippen molar-refractivity contribution in [2.24, 2.45) is 0 Å². The summed E-state index contributed by atoms with van der Waals surface area (Å²) in [4.78, 5) is 36.6. The van der Waals surface area contributed by atoms with Crippen LogP contribution in [-0.4, -0.2) is 11.6 Å². The van der Waals surface area contributed by atoms with Crippen molar-refractivity contribution in [3.05, 3.63) is 0 Å². The molecular formula is C4H6Na2O5P+. The van der Waals surface area contributed by atoms with Crippen LogP contribution in [0.1, 0.15) is 13.8 Å². The van der Waals surface area contributed by atoms with Crippen LogP contribution in [0.4, 0.5) is 0 Å². The summed E-state index contributed by atoms with van der Waals surface area (Å²) in [6.45, 7) is 2.50. The van der Waals surface area contributed by atoms with Gasteiger partial charge in [-0.15, -0.1) is 0 Å². The molecule has 0 atom stereocenters. The van der Waals surface area contributed by atoms with Gasteiger partial charge < -0.3 is 9.79 Å². The first-order valence-corrected chi connectivity index (χ1v) is 3.30. The molecule has 0 aliphatic heterocycles. The Kier molecular flexibility index (Phi) is 28.9. The molecule has 0 saturated heterocycles. The molecule has 0 radical (unpaired) electrons. The zero-order valence-corrected chi connectivity index (χ0v) is 12.4. The Morgan fingerprint density at radius 3 is 1.08 bits per heavy atom. The molecule has 0 aromatic heterocycles. The van der Waals surface area contributed by atoms with Gasteiger partial charge in [-0.25, -0.2) is 0 Å². The second-order valence-electron chi connectivity index (χ2n) is 1.34. The molecule has 0 rings (SSSR count). The predicted molar refractivity (Wildman–Crippen MR) is 29.0 cm³/mol. The van der Waals surface area contributed by atoms with Gasteiger partial charge in [-0.05, 0) is 0 Å². The Balaban J connectivity index is -0.0000000483. The number of rotatable bonds is 1. The number of hydrogen-bond acceptors (Lipinski definition) is 5. The van der Waals surface area contributed by atoms with E-state index in [0.717, 1.165) is 0 Å². The van der Waals surface area contributed by atoms with Crippen LogP contribution in [-0.2, 0) is 14.2 Å². The van der Waals surface area contributed by atoms with E-state index in [4.69, 9.17) is 14.4 Å². The molecular weight excluding hydrogens is 205 g/mol. The Morgan fingerprint density at radius 1 is 1.00 bits per heavy atom. The predicted octanol–water partition coefficient (Wildman–Crippen LogP) is -7.46. The third-order valence-electron chi connectivity index (χ3n) is 0.496. The molecule has 5 nitrogen and oxygen atoms in total. The SMILES string of the molecule is CC(=O)C(C)=O.O=[P+]([O-])[O-].[Na+].[Na+]. The molecule has 58 valence electrons. The van der Waals surface area contributed by atoms with Crippen molar-refractivity contribution in [1.29, 1.82) is 0 Å². The van der Waals surface area contributed by atoms with Gasteiger partial charge in [0.1, 0.15) is 0 Å². The fourth-order valence-electron chi connectivity index (χ4n) is 0. The van der Waals surface area contributed by atoms with E-state index >= 15 is 0 Å². The second-order valence-corrected chi connectivity index (χ2v) is 1.78. The van der Waals surface area contributed by atoms with Gasteiger partial charge in [0.05, 0.1) is 0 Å². The molecule has 0 bridgehead atoms. The third-order valence-corrected chi connectivity index (χ3v) is 0.496. The molecule has 0 heterocycles. The van der Waals surface area contributed by atoms with Crippen molar-refractivity contribution in [3.63, 3.8) is 0 Å². The van der Waals surface area contributed by atoms with E-state index in [1.807, 2.05) is 0 Å². The van der Waals surface area contributed by atoms with Crippen LogP contribution in [0.25, 0.3) is 0 Å². The van der Waals surface area contributed by atoms with Crippen LogP contribution in [0.2, 0.25) is 0 Å². The van der Waals surface area contributed by atoms with Crippen molar-refractivity contribution in [2.75, 3.05) is 0 Å². The summed E-state index contributed by atoms with van der Waals surface area (Å²) in [5, 5.41) is 0. The first-order chi connectivity index (χ1) is 4.37. The Morgan fingerprint density at radius 2 is 1.08 bits per heavy atom. The molecule has 0 N–H and O–H groups in total. The molecule has 12 heavy (non-hydrogen) atoms. The summed E-state index contributed by atoms with van der Waals surface area (Å²) >= 11 is 0. The summed E-state index contributed by atoms with van der Waals surface area (Å²) in [5.41, 5.74) is 0. The minimum Gasteiger partial charge on any atom is -0.598 e. The van der Waals surface area contributed by atoms with E-state index in [0.29, 0.717) is 0 Å². The molecule has 8 heteroatoms. The number of Topliss-reactive ketones (excluding diaryl/α,β-unsaturated/α-hetero) is 2. The summed E-state index contributed by atoms with van der Waals surface area (Å²) in [5.74, 6) is -0.759. The average Bonchev–Trinajstić information content (AvgIpc) is 1.63. The zero-order chi connectivity index (χ0) is 8.73. The molecule has 0 spiro atoms. The van der Waals surface area contributed by atoms with Crippen LogP contribution in [0.3, 0.4) is 0 Å². The van der Waals surface area contributed by atoms with Crippen molar-refractivity contribution < 1.29 is 83.1 Å². The van der Waals surface area contributed by atoms with E-state index < -0.39 is 8.25 Å². The van der Waals surface area contributed by atoms with E-state index in [9.17, 15) is 9.59 Å². The van der Waals surface area contributed by atoms with E-state index in [1.165, 1.54) is 13.8 Å². The fourth-order valence-corrected chi connectivity index (χ4v) is 0. The van der Waals surface area contributed by atoms with Crippen molar-refractivity contribution in [2.45, 2.75) is 13.8 Å². The number of carbonyl (C=O) groups is 2. The van der Waals surface area contributed by atoms with Gasteiger partial charge in [-0.2, -0.15) is 0 Å². The Bertz CT molecular complexity index is 144. The minimum absolute atomic E-state index is 0. The molecule has 0 amide bonds. The molecule has 0 aromatic carbocycles. The van der Waals surface area contributed by atoms with Gasteiger partial charge in [0.2, 0.25) is 0 Å². The fraction of sp³-hybridized carbons (Fsp3) is 0.500. The summed E-state index contributed by atoms with van der Waals surface area (Å²) < 4.78 is 8.48. The molecule has 0 unspecified atom stereocenters. The van der Waals surface area contributed by atoms with Gasteiger partial charge in [-0.1, -0.05) is 4.57 Å². The van der Waals surface area contributed by atoms with Crippen LogP contribution in [0.15, 0.2) is 0 Å². The standard InChI is InChI=1S/C4H6O2.2Na.HO3P/c1-3(5)4(2)6;;;1-4(2)3/h1-2H3;;;(H,1,2,3)/q;2*+1;/p-1. The number of carbonyl (C=O) groups excluding carboxylic acids is 2. The van der Waals surface area contributed by atoms with Crippen molar-refractivity contribution in [1.82, 2.24) is 0 Å². The van der Waals surface area contributed by atoms with Gasteiger partial charge in [0, 0.05) is 13.8 Å². The van der Waals surface area contributed by atoms with Gasteiger partial charge in [-0.3, -0.25) is 9.59 Å². The van der Waals surface area contributed by atoms with Gasteiger partial charge in [0.25, 0.3) is 8.25 Å². The molecule has 0 aliphatic rings. The van der Waals surface area contributed by atoms with Crippen molar-refractivity contribution >= 4 is 19.8 Å². The monoisotopic (exact) mass is 211 g/mol. The van der Waals surface area contributed by atoms with Crippen molar-refractivity contribution in [3.8, 4) is 0 Å². The van der Waals surface area contributed by atoms with E-state index in [-0.39, 0.29) is 70.7 Å². The number of ketones is 2. The Labute approximate surface area is 115 Å². The summed E-state index contributed by atoms with van der Waals surface area (Å²) in [6.07, 6.45) is 0. The smallest absolute Gasteiger partial charge is 0.598 e. The topological polar surface area (TPSA) is 97.3 Å². The van der Waals surface area contributed by atoms with E-state index in [1.54, 1.807) is 0 Å². The molecule has 0 aliphatic carbocycles. The normalized spacial score (nSPS) is 6.00. The zero-order valence-electron chi connectivity index (χ0n) is 7.49. The summed E-state index contributed by atoms with van der Waals surface area (Å²) in [7, 11) is -3.37. The molecule has 0 fully saturated rings. The first-order valence-electron chi connectivity index (χ1n) is 2.21. The van der Waals surface area contributed by atoms with Crippen LogP contribution in [0, 0.1) is 0 Å². The first kappa shape index (κ1) is 23.3. The van der Waals surface area contributed by atoms with Gasteiger partial charge in [0.15, 0.2) is 11.6 Å². The van der Waals surface area contributed by atoms with Crippen LogP contribution in [0.5, 0.6) is 0 Å². The van der Waals surface area contributed by atoms with E-state index in [2.05, 4.69) is 0 Å². The third kappa shape index (κ3) is 42.4. The maximum absolute atomic E-state index is 9.79. The maximum atomic E-state index is 9.79. The average molecular weight is 211 g/mol. The maximum Gasteiger partial charge on any atom is 1.00 e. The molecule has 0 aromatic rings. The van der Waals surface area contributed by atoms with Crippen LogP contribution < -0.4 is 68.9 Å². The quantitative estimate of drug-likeness (QED) is 0.244. The summed E-state index contributed by atoms with van der Waals surface area (Å²) in [6, 6.07) is 0. The number of hydrogen-bond donors (Lipinski definition) is 0. The van der Waals surface area contributed by atoms with Crippen LogP contribution >= 0.6 is 8.25 Å². The molecule has 0 saturated carbocycles. The van der Waals surface area contributed by atoms with Gasteiger partial charge >= 0.3 is 59.1 Å². The largest absolute Gasteiger partial charge is 1.00 e. The second kappa shape index (κ2) is 14.9. The Hall–Kier alpha value is 1.36. The minimum atomic E-state index is -3.37.